The number of nitrogens with one attached hydrogen (secondary N) is 3. The van der Waals surface area contributed by atoms with Crippen LogP contribution in [0.4, 0.5) is 25.0 Å². The van der Waals surface area contributed by atoms with Gasteiger partial charge in [0.2, 0.25) is 5.91 Å². The highest BCUT2D eigenvalue weighted by Crippen LogP contribution is 2.29. The number of anilines is 2. The number of hydrogen-bond donors (Lipinski definition) is 3. The number of halogens is 2. The molecule has 10 heteroatoms. The SMILES string of the molecule is C[C@@]1(c2ccc(F)cc2)NC(=O)N(CC(=O)Nc2ccccc2C(=O)Nc2ccc(F)cc2)C1=O. The van der Waals surface area contributed by atoms with Crippen molar-refractivity contribution in [1.29, 1.82) is 0 Å². The van der Waals surface area contributed by atoms with Crippen molar-refractivity contribution in [2.75, 3.05) is 17.2 Å². The zero-order valence-corrected chi connectivity index (χ0v) is 18.5. The molecule has 35 heavy (non-hydrogen) atoms. The van der Waals surface area contributed by atoms with Crippen LogP contribution in [0.3, 0.4) is 0 Å². The number of amides is 5. The van der Waals surface area contributed by atoms with Gasteiger partial charge in [0.05, 0.1) is 11.3 Å². The van der Waals surface area contributed by atoms with Gasteiger partial charge in [0.1, 0.15) is 23.7 Å². The molecule has 1 heterocycles. The Morgan fingerprint density at radius 2 is 1.49 bits per heavy atom. The van der Waals surface area contributed by atoms with Gasteiger partial charge in [0, 0.05) is 5.69 Å². The van der Waals surface area contributed by atoms with E-state index in [1.54, 1.807) is 12.1 Å². The molecule has 0 spiro atoms. The van der Waals surface area contributed by atoms with E-state index in [-0.39, 0.29) is 11.3 Å². The quantitative estimate of drug-likeness (QED) is 0.471. The summed E-state index contributed by atoms with van der Waals surface area (Å²) in [4.78, 5) is 51.6. The Hall–Kier alpha value is -4.60. The summed E-state index contributed by atoms with van der Waals surface area (Å²) >= 11 is 0. The molecule has 1 aliphatic heterocycles. The lowest BCUT2D eigenvalue weighted by Crippen LogP contribution is -2.42. The van der Waals surface area contributed by atoms with Crippen LogP contribution >= 0.6 is 0 Å². The van der Waals surface area contributed by atoms with Crippen molar-refractivity contribution in [3.05, 3.63) is 95.6 Å². The van der Waals surface area contributed by atoms with E-state index in [9.17, 15) is 28.0 Å². The van der Waals surface area contributed by atoms with Crippen molar-refractivity contribution in [3.8, 4) is 0 Å². The molecule has 0 aliphatic carbocycles. The van der Waals surface area contributed by atoms with Gasteiger partial charge in [-0.25, -0.2) is 13.6 Å². The van der Waals surface area contributed by atoms with Crippen molar-refractivity contribution in [2.45, 2.75) is 12.5 Å². The second kappa shape index (κ2) is 9.34. The summed E-state index contributed by atoms with van der Waals surface area (Å²) in [5.41, 5.74) is -0.457. The van der Waals surface area contributed by atoms with E-state index in [0.717, 1.165) is 4.90 Å². The summed E-state index contributed by atoms with van der Waals surface area (Å²) in [6.45, 7) is 0.864. The lowest BCUT2D eigenvalue weighted by Gasteiger charge is -2.22. The third-order valence-electron chi connectivity index (χ3n) is 5.55. The first kappa shape index (κ1) is 23.6. The Morgan fingerprint density at radius 3 is 2.14 bits per heavy atom. The van der Waals surface area contributed by atoms with Gasteiger partial charge in [0.15, 0.2) is 0 Å². The maximum Gasteiger partial charge on any atom is 0.325 e. The molecule has 1 fully saturated rings. The van der Waals surface area contributed by atoms with Gasteiger partial charge in [-0.3, -0.25) is 19.3 Å². The Morgan fingerprint density at radius 1 is 0.886 bits per heavy atom. The zero-order valence-electron chi connectivity index (χ0n) is 18.5. The minimum atomic E-state index is -1.46. The van der Waals surface area contributed by atoms with Crippen molar-refractivity contribution in [3.63, 3.8) is 0 Å². The molecule has 1 aliphatic rings. The lowest BCUT2D eigenvalue weighted by molar-refractivity contribution is -0.133. The number of urea groups is 1. The standard InChI is InChI=1S/C25H20F2N4O4/c1-25(15-6-8-16(26)9-7-15)23(34)31(24(35)30-25)14-21(32)29-20-5-3-2-4-19(20)22(33)28-18-12-10-17(27)11-13-18/h2-13H,14H2,1H3,(H,28,33)(H,29,32)(H,30,35)/t25-/m0/s1. The van der Waals surface area contributed by atoms with E-state index in [2.05, 4.69) is 16.0 Å². The van der Waals surface area contributed by atoms with Crippen LogP contribution in [0.1, 0.15) is 22.8 Å². The monoisotopic (exact) mass is 478 g/mol. The molecular weight excluding hydrogens is 458 g/mol. The Bertz CT molecular complexity index is 1310. The van der Waals surface area contributed by atoms with Crippen molar-refractivity contribution in [1.82, 2.24) is 10.2 Å². The lowest BCUT2D eigenvalue weighted by atomic mass is 9.92. The summed E-state index contributed by atoms with van der Waals surface area (Å²) in [7, 11) is 0. The first-order valence-corrected chi connectivity index (χ1v) is 10.5. The molecule has 3 aromatic carbocycles. The fraction of sp³-hybridized carbons (Fsp3) is 0.120. The van der Waals surface area contributed by atoms with E-state index in [1.807, 2.05) is 0 Å². The second-order valence-electron chi connectivity index (χ2n) is 8.01. The Labute approximate surface area is 198 Å². The first-order valence-electron chi connectivity index (χ1n) is 10.5. The second-order valence-corrected chi connectivity index (χ2v) is 8.01. The molecule has 0 saturated carbocycles. The number of hydrogen-bond acceptors (Lipinski definition) is 4. The maximum absolute atomic E-state index is 13.3. The van der Waals surface area contributed by atoms with Gasteiger partial charge in [-0.15, -0.1) is 0 Å². The smallest absolute Gasteiger partial charge is 0.324 e. The molecule has 0 aromatic heterocycles. The predicted molar refractivity (Wildman–Crippen MR) is 123 cm³/mol. The van der Waals surface area contributed by atoms with Gasteiger partial charge in [-0.2, -0.15) is 0 Å². The van der Waals surface area contributed by atoms with Crippen LogP contribution in [0, 0.1) is 11.6 Å². The molecule has 0 bridgehead atoms. The summed E-state index contributed by atoms with van der Waals surface area (Å²) in [6.07, 6.45) is 0. The van der Waals surface area contributed by atoms with Crippen LogP contribution in [0.25, 0.3) is 0 Å². The Kier molecular flexibility index (Phi) is 6.28. The molecule has 178 valence electrons. The topological polar surface area (TPSA) is 108 Å². The summed E-state index contributed by atoms with van der Waals surface area (Å²) in [6, 6.07) is 15.7. The van der Waals surface area contributed by atoms with Crippen LogP contribution in [0.5, 0.6) is 0 Å². The highest BCUT2D eigenvalue weighted by molar-refractivity contribution is 6.12. The minimum absolute atomic E-state index is 0.124. The predicted octanol–water partition coefficient (Wildman–Crippen LogP) is 3.62. The third kappa shape index (κ3) is 4.86. The number of nitrogens with zero attached hydrogens (tertiary/aromatic N) is 1. The van der Waals surface area contributed by atoms with Gasteiger partial charge >= 0.3 is 6.03 Å². The van der Waals surface area contributed by atoms with Crippen LogP contribution in [0.2, 0.25) is 0 Å². The molecule has 3 N–H and O–H groups in total. The van der Waals surface area contributed by atoms with Crippen molar-refractivity contribution in [2.24, 2.45) is 0 Å². The average Bonchev–Trinajstić information content (AvgIpc) is 3.05. The van der Waals surface area contributed by atoms with E-state index in [0.29, 0.717) is 11.3 Å². The van der Waals surface area contributed by atoms with E-state index in [1.165, 1.54) is 67.6 Å². The number of imide groups is 1. The number of carbonyl (C=O) groups is 4. The highest BCUT2D eigenvalue weighted by Gasteiger charge is 2.49. The average molecular weight is 478 g/mol. The molecule has 1 atom stereocenters. The number of rotatable bonds is 6. The highest BCUT2D eigenvalue weighted by atomic mass is 19.1. The zero-order chi connectivity index (χ0) is 25.2. The fourth-order valence-corrected chi connectivity index (χ4v) is 3.67. The van der Waals surface area contributed by atoms with E-state index in [4.69, 9.17) is 0 Å². The summed E-state index contributed by atoms with van der Waals surface area (Å²) < 4.78 is 26.4. The van der Waals surface area contributed by atoms with Gasteiger partial charge < -0.3 is 16.0 Å². The molecule has 0 radical (unpaired) electrons. The van der Waals surface area contributed by atoms with E-state index >= 15 is 0 Å². The summed E-state index contributed by atoms with van der Waals surface area (Å²) in [5.74, 6) is -2.88. The molecule has 8 nitrogen and oxygen atoms in total. The first-order chi connectivity index (χ1) is 16.7. The van der Waals surface area contributed by atoms with Gasteiger partial charge in [-0.1, -0.05) is 24.3 Å². The largest absolute Gasteiger partial charge is 0.325 e. The van der Waals surface area contributed by atoms with E-state index < -0.39 is 47.5 Å². The van der Waals surface area contributed by atoms with Crippen LogP contribution in [-0.4, -0.2) is 35.2 Å². The van der Waals surface area contributed by atoms with Crippen LogP contribution in [-0.2, 0) is 15.1 Å². The van der Waals surface area contributed by atoms with Crippen molar-refractivity contribution >= 4 is 35.1 Å². The molecule has 1 saturated heterocycles. The third-order valence-corrected chi connectivity index (χ3v) is 5.55. The van der Waals surface area contributed by atoms with Gasteiger partial charge in [0.25, 0.3) is 11.8 Å². The fourth-order valence-electron chi connectivity index (χ4n) is 3.67. The maximum atomic E-state index is 13.3. The van der Waals surface area contributed by atoms with Crippen LogP contribution in [0.15, 0.2) is 72.8 Å². The summed E-state index contributed by atoms with van der Waals surface area (Å²) in [5, 5.41) is 7.69. The molecule has 0 unspecified atom stereocenters. The molecule has 5 amide bonds. The Balaban J connectivity index is 1.46. The van der Waals surface area contributed by atoms with Crippen molar-refractivity contribution < 1.29 is 28.0 Å². The number of para-hydroxylation sites is 1. The number of carbonyl (C=O) groups excluding carboxylic acids is 4. The van der Waals surface area contributed by atoms with Crippen LogP contribution < -0.4 is 16.0 Å². The number of benzene rings is 3. The minimum Gasteiger partial charge on any atom is -0.324 e. The molecule has 3 aromatic rings. The normalized spacial score (nSPS) is 17.2. The molecular formula is C25H20F2N4O4. The molecule has 4 rings (SSSR count). The van der Waals surface area contributed by atoms with Gasteiger partial charge in [-0.05, 0) is 61.0 Å².